The highest BCUT2D eigenvalue weighted by Gasteiger charge is 2.59. The summed E-state index contributed by atoms with van der Waals surface area (Å²) in [7, 11) is 0. The molecule has 3 saturated heterocycles. The average molecular weight is 569 g/mol. The number of hydrogen-bond donors (Lipinski definition) is 1. The van der Waals surface area contributed by atoms with Gasteiger partial charge in [-0.3, -0.25) is 14.5 Å². The minimum atomic E-state index is -0.607. The lowest BCUT2D eigenvalue weighted by molar-refractivity contribution is -0.149. The number of likely N-dealkylation sites (tertiary alicyclic amines) is 1. The fourth-order valence-electron chi connectivity index (χ4n) is 6.70. The number of piperidine rings is 3. The van der Waals surface area contributed by atoms with Crippen molar-refractivity contribution in [2.75, 3.05) is 11.9 Å². The number of nitrogens with zero attached hydrogens (tertiary/aromatic N) is 2. The highest BCUT2D eigenvalue weighted by atomic mass is 79.9. The van der Waals surface area contributed by atoms with Crippen LogP contribution in [0.5, 0.6) is 0 Å². The second kappa shape index (κ2) is 9.00. The molecule has 3 aliphatic heterocycles. The molecule has 0 unspecified atom stereocenters. The van der Waals surface area contributed by atoms with Crippen molar-refractivity contribution in [3.05, 3.63) is 40.9 Å². The fraction of sp³-hybridized carbons (Fsp3) is 0.552. The first-order valence-electron chi connectivity index (χ1n) is 13.4. The molecule has 2 aliphatic carbocycles. The first-order valence-corrected chi connectivity index (χ1v) is 14.2. The van der Waals surface area contributed by atoms with Crippen molar-refractivity contribution < 1.29 is 19.1 Å². The van der Waals surface area contributed by atoms with Crippen molar-refractivity contribution in [3.63, 3.8) is 0 Å². The second-order valence-corrected chi connectivity index (χ2v) is 13.2. The summed E-state index contributed by atoms with van der Waals surface area (Å²) < 4.78 is 6.68. The van der Waals surface area contributed by atoms with E-state index in [9.17, 15) is 14.4 Å². The van der Waals surface area contributed by atoms with E-state index in [-0.39, 0.29) is 29.8 Å². The summed E-state index contributed by atoms with van der Waals surface area (Å²) in [6.45, 7) is 6.22. The Labute approximate surface area is 226 Å². The largest absolute Gasteiger partial charge is 0.444 e. The molecule has 7 rings (SSSR count). The number of halogens is 1. The first-order chi connectivity index (χ1) is 17.6. The Morgan fingerprint density at radius 3 is 2.49 bits per heavy atom. The molecule has 0 aromatic heterocycles. The van der Waals surface area contributed by atoms with Gasteiger partial charge in [-0.2, -0.15) is 0 Å². The number of rotatable bonds is 3. The number of carbonyl (C=O) groups is 3. The van der Waals surface area contributed by atoms with E-state index in [2.05, 4.69) is 27.3 Å². The van der Waals surface area contributed by atoms with Gasteiger partial charge in [0.1, 0.15) is 11.6 Å². The van der Waals surface area contributed by atoms with Crippen molar-refractivity contribution in [2.45, 2.75) is 76.6 Å². The van der Waals surface area contributed by atoms with Crippen LogP contribution in [-0.2, 0) is 14.3 Å². The van der Waals surface area contributed by atoms with Crippen molar-refractivity contribution >= 4 is 50.3 Å². The Morgan fingerprint density at radius 2 is 1.73 bits per heavy atom. The van der Waals surface area contributed by atoms with E-state index in [1.807, 2.05) is 56.0 Å². The molecule has 2 aromatic carbocycles. The van der Waals surface area contributed by atoms with Gasteiger partial charge in [0.2, 0.25) is 11.8 Å². The summed E-state index contributed by atoms with van der Waals surface area (Å²) in [6, 6.07) is 11.5. The molecule has 2 bridgehead atoms. The molecule has 3 amide bonds. The highest BCUT2D eigenvalue weighted by Crippen LogP contribution is 2.50. The Kier molecular flexibility index (Phi) is 6.01. The van der Waals surface area contributed by atoms with Crippen LogP contribution in [0.3, 0.4) is 0 Å². The van der Waals surface area contributed by atoms with E-state index in [4.69, 9.17) is 4.74 Å². The van der Waals surface area contributed by atoms with Crippen molar-refractivity contribution in [2.24, 2.45) is 17.8 Å². The minimum absolute atomic E-state index is 0.0125. The van der Waals surface area contributed by atoms with Crippen molar-refractivity contribution in [3.8, 4) is 0 Å². The smallest absolute Gasteiger partial charge is 0.411 e. The zero-order valence-electron chi connectivity index (χ0n) is 21.6. The summed E-state index contributed by atoms with van der Waals surface area (Å²) in [5, 5.41) is 5.29. The second-order valence-electron chi connectivity index (χ2n) is 12.2. The number of ether oxygens (including phenoxy) is 1. The number of hydrogen-bond acceptors (Lipinski definition) is 4. The third kappa shape index (κ3) is 4.73. The zero-order chi connectivity index (χ0) is 26.1. The first kappa shape index (κ1) is 24.7. The van der Waals surface area contributed by atoms with Crippen LogP contribution in [0.15, 0.2) is 40.9 Å². The molecule has 2 aromatic rings. The number of benzene rings is 2. The summed E-state index contributed by atoms with van der Waals surface area (Å²) in [4.78, 5) is 44.0. The topological polar surface area (TPSA) is 79.0 Å². The normalized spacial score (nSPS) is 30.3. The molecule has 8 heteroatoms. The van der Waals surface area contributed by atoms with Gasteiger partial charge in [0.25, 0.3) is 0 Å². The average Bonchev–Trinajstić information content (AvgIpc) is 3.51. The van der Waals surface area contributed by atoms with E-state index in [0.717, 1.165) is 46.6 Å². The number of nitrogens with one attached hydrogen (secondary N) is 1. The summed E-state index contributed by atoms with van der Waals surface area (Å²) >= 11 is 3.50. The predicted molar refractivity (Wildman–Crippen MR) is 145 cm³/mol. The van der Waals surface area contributed by atoms with Gasteiger partial charge < -0.3 is 15.0 Å². The van der Waals surface area contributed by atoms with E-state index in [0.29, 0.717) is 24.8 Å². The molecule has 0 spiro atoms. The molecule has 0 radical (unpaired) electrons. The summed E-state index contributed by atoms with van der Waals surface area (Å²) in [6.07, 6.45) is 3.91. The van der Waals surface area contributed by atoms with Crippen LogP contribution in [0, 0.1) is 17.8 Å². The number of amides is 3. The van der Waals surface area contributed by atoms with Crippen LogP contribution in [0.4, 0.5) is 10.5 Å². The van der Waals surface area contributed by atoms with Gasteiger partial charge in [0, 0.05) is 28.8 Å². The lowest BCUT2D eigenvalue weighted by Gasteiger charge is -2.50. The Bertz CT molecular complexity index is 1270. The van der Waals surface area contributed by atoms with Crippen LogP contribution >= 0.6 is 15.9 Å². The molecule has 196 valence electrons. The predicted octanol–water partition coefficient (Wildman–Crippen LogP) is 5.57. The molecular formula is C29H34BrN3O4. The maximum atomic E-state index is 13.9. The third-order valence-electron chi connectivity index (χ3n) is 8.46. The van der Waals surface area contributed by atoms with Crippen LogP contribution in [-0.4, -0.2) is 58.0 Å². The molecule has 5 fully saturated rings. The van der Waals surface area contributed by atoms with Crippen molar-refractivity contribution in [1.29, 1.82) is 0 Å². The summed E-state index contributed by atoms with van der Waals surface area (Å²) in [5.74, 6) is 0.409. The molecule has 5 aliphatic rings. The van der Waals surface area contributed by atoms with Crippen LogP contribution in [0.1, 0.15) is 52.9 Å². The molecule has 6 atom stereocenters. The number of anilines is 1. The van der Waals surface area contributed by atoms with E-state index < -0.39 is 17.7 Å². The van der Waals surface area contributed by atoms with E-state index >= 15 is 0 Å². The van der Waals surface area contributed by atoms with Gasteiger partial charge in [0.05, 0.1) is 5.92 Å². The Morgan fingerprint density at radius 1 is 0.973 bits per heavy atom. The van der Waals surface area contributed by atoms with Gasteiger partial charge in [-0.25, -0.2) is 4.79 Å². The van der Waals surface area contributed by atoms with E-state index in [1.54, 1.807) is 4.90 Å². The number of fused-ring (bicyclic) bond motifs is 5. The van der Waals surface area contributed by atoms with Gasteiger partial charge in [-0.05, 0) is 99.7 Å². The molecule has 37 heavy (non-hydrogen) atoms. The summed E-state index contributed by atoms with van der Waals surface area (Å²) in [5.41, 5.74) is 0.163. The van der Waals surface area contributed by atoms with Crippen LogP contribution < -0.4 is 5.32 Å². The van der Waals surface area contributed by atoms with Gasteiger partial charge >= 0.3 is 6.09 Å². The van der Waals surface area contributed by atoms with Gasteiger partial charge in [-0.15, -0.1) is 0 Å². The Balaban J connectivity index is 1.18. The number of carbonyl (C=O) groups excluding carboxylic acids is 3. The third-order valence-corrected chi connectivity index (χ3v) is 8.95. The van der Waals surface area contributed by atoms with Crippen LogP contribution in [0.2, 0.25) is 0 Å². The highest BCUT2D eigenvalue weighted by molar-refractivity contribution is 9.10. The van der Waals surface area contributed by atoms with Crippen molar-refractivity contribution in [1.82, 2.24) is 9.80 Å². The monoisotopic (exact) mass is 567 g/mol. The van der Waals surface area contributed by atoms with E-state index in [1.165, 1.54) is 0 Å². The fourth-order valence-corrected chi connectivity index (χ4v) is 7.08. The maximum absolute atomic E-state index is 13.9. The molecule has 1 N–H and O–H groups in total. The molecular weight excluding hydrogens is 534 g/mol. The van der Waals surface area contributed by atoms with Gasteiger partial charge in [-0.1, -0.05) is 28.1 Å². The quantitative estimate of drug-likeness (QED) is 0.526. The Hall–Kier alpha value is -2.61. The standard InChI is InChI=1S/C29H34BrN3O4/c1-29(2,3)37-28(36)33-24-13-19(24)14-25(33)27(35)32-15-16-4-9-23(32)22(10-16)26(34)31-21-8-6-17-11-20(30)7-5-18(17)12-21/h5-8,11-12,16,19,22-25H,4,9-10,13-15H2,1-3H3,(H,31,34)/t16-,19+,22-,23+,24+,25-/m1/s1. The maximum Gasteiger partial charge on any atom is 0.411 e. The minimum Gasteiger partial charge on any atom is -0.444 e. The van der Waals surface area contributed by atoms with Gasteiger partial charge in [0.15, 0.2) is 0 Å². The lowest BCUT2D eigenvalue weighted by atomic mass is 9.72. The SMILES string of the molecule is CC(C)(C)OC(=O)N1[C@@H](C(=O)N2C[C@@H]3CC[C@H]2[C@H](C(=O)Nc2ccc4cc(Br)ccc4c2)C3)C[C@@H]2C[C@@H]21. The molecule has 7 nitrogen and oxygen atoms in total. The van der Waals surface area contributed by atoms with Crippen LogP contribution in [0.25, 0.3) is 10.8 Å². The molecule has 3 heterocycles. The lowest BCUT2D eigenvalue weighted by Crippen LogP contribution is -2.61. The molecule has 2 saturated carbocycles. The zero-order valence-corrected chi connectivity index (χ0v) is 23.2.